The highest BCUT2D eigenvalue weighted by atomic mass is 16.5. The number of H-pyrrole nitrogens is 1. The number of nitrogens with one attached hydrogen (secondary N) is 2. The first-order valence-electron chi connectivity index (χ1n) is 11.0. The lowest BCUT2D eigenvalue weighted by Crippen LogP contribution is -2.45. The van der Waals surface area contributed by atoms with Crippen molar-refractivity contribution < 1.29 is 9.53 Å². The van der Waals surface area contributed by atoms with E-state index in [2.05, 4.69) is 59.7 Å². The number of amides is 2. The summed E-state index contributed by atoms with van der Waals surface area (Å²) in [6.45, 7) is 3.20. The van der Waals surface area contributed by atoms with Crippen LogP contribution in [-0.4, -0.2) is 29.6 Å². The van der Waals surface area contributed by atoms with E-state index in [1.165, 1.54) is 16.5 Å². The molecule has 5 rings (SSSR count). The third-order valence-corrected chi connectivity index (χ3v) is 6.27. The molecule has 5 heteroatoms. The van der Waals surface area contributed by atoms with Crippen molar-refractivity contribution in [2.75, 3.05) is 13.7 Å². The van der Waals surface area contributed by atoms with Crippen LogP contribution in [-0.2, 0) is 13.0 Å². The molecule has 32 heavy (non-hydrogen) atoms. The van der Waals surface area contributed by atoms with Crippen molar-refractivity contribution in [3.05, 3.63) is 101 Å². The van der Waals surface area contributed by atoms with Gasteiger partial charge in [-0.3, -0.25) is 0 Å². The number of fused-ring (bicyclic) bond motifs is 3. The Hall–Kier alpha value is -3.73. The number of carbonyl (C=O) groups excluding carboxylic acids is 1. The summed E-state index contributed by atoms with van der Waals surface area (Å²) in [6.07, 6.45) is 0.828. The van der Waals surface area contributed by atoms with E-state index in [-0.39, 0.29) is 12.1 Å². The Labute approximate surface area is 188 Å². The Morgan fingerprint density at radius 2 is 1.91 bits per heavy atom. The van der Waals surface area contributed by atoms with Crippen LogP contribution in [0.2, 0.25) is 0 Å². The molecule has 3 aromatic carbocycles. The number of para-hydroxylation sites is 1. The summed E-state index contributed by atoms with van der Waals surface area (Å²) in [5.41, 5.74) is 6.86. The summed E-state index contributed by atoms with van der Waals surface area (Å²) in [4.78, 5) is 18.9. The summed E-state index contributed by atoms with van der Waals surface area (Å²) >= 11 is 0. The number of aryl methyl sites for hydroxylation is 1. The van der Waals surface area contributed by atoms with Crippen LogP contribution >= 0.6 is 0 Å². The van der Waals surface area contributed by atoms with E-state index in [0.29, 0.717) is 13.1 Å². The van der Waals surface area contributed by atoms with Crippen LogP contribution in [0.1, 0.15) is 34.0 Å². The van der Waals surface area contributed by atoms with E-state index in [1.54, 1.807) is 7.11 Å². The highest BCUT2D eigenvalue weighted by Crippen LogP contribution is 2.38. The quantitative estimate of drug-likeness (QED) is 0.464. The highest BCUT2D eigenvalue weighted by molar-refractivity contribution is 5.86. The third-order valence-electron chi connectivity index (χ3n) is 6.27. The topological polar surface area (TPSA) is 57.4 Å². The van der Waals surface area contributed by atoms with Crippen LogP contribution < -0.4 is 10.1 Å². The molecule has 0 saturated heterocycles. The van der Waals surface area contributed by atoms with Gasteiger partial charge in [-0.25, -0.2) is 4.79 Å². The molecule has 1 aliphatic rings. The molecule has 162 valence electrons. The molecule has 2 amide bonds. The van der Waals surface area contributed by atoms with Crippen LogP contribution in [0.15, 0.2) is 72.8 Å². The van der Waals surface area contributed by atoms with Gasteiger partial charge in [0.2, 0.25) is 0 Å². The number of benzene rings is 3. The van der Waals surface area contributed by atoms with E-state index in [9.17, 15) is 4.79 Å². The fraction of sp³-hybridized carbons (Fsp3) is 0.222. The van der Waals surface area contributed by atoms with E-state index >= 15 is 0 Å². The number of urea groups is 1. The van der Waals surface area contributed by atoms with Crippen molar-refractivity contribution in [2.24, 2.45) is 0 Å². The smallest absolute Gasteiger partial charge is 0.318 e. The Bertz CT molecular complexity index is 1260. The molecule has 4 aromatic rings. The molecule has 1 atom stereocenters. The van der Waals surface area contributed by atoms with Crippen LogP contribution in [0.5, 0.6) is 5.75 Å². The zero-order valence-corrected chi connectivity index (χ0v) is 18.4. The van der Waals surface area contributed by atoms with Gasteiger partial charge in [0.1, 0.15) is 5.75 Å². The zero-order valence-electron chi connectivity index (χ0n) is 18.4. The second-order valence-electron chi connectivity index (χ2n) is 8.33. The Kier molecular flexibility index (Phi) is 5.31. The first-order valence-corrected chi connectivity index (χ1v) is 11.0. The molecular formula is C27H27N3O2. The number of ether oxygens (including phenoxy) is 1. The molecular weight excluding hydrogens is 398 g/mol. The van der Waals surface area contributed by atoms with Gasteiger partial charge in [0, 0.05) is 29.7 Å². The molecule has 0 radical (unpaired) electrons. The first kappa shape index (κ1) is 20.2. The average Bonchev–Trinajstić information content (AvgIpc) is 3.21. The largest absolute Gasteiger partial charge is 0.497 e. The lowest BCUT2D eigenvalue weighted by atomic mass is 9.92. The molecule has 0 aliphatic carbocycles. The molecule has 2 N–H and O–H groups in total. The molecule has 1 aliphatic heterocycles. The van der Waals surface area contributed by atoms with Gasteiger partial charge in [-0.15, -0.1) is 0 Å². The maximum absolute atomic E-state index is 13.4. The molecule has 0 unspecified atom stereocenters. The van der Waals surface area contributed by atoms with Crippen molar-refractivity contribution in [3.63, 3.8) is 0 Å². The van der Waals surface area contributed by atoms with Crippen molar-refractivity contribution in [2.45, 2.75) is 25.9 Å². The van der Waals surface area contributed by atoms with E-state index in [1.807, 2.05) is 35.2 Å². The van der Waals surface area contributed by atoms with Gasteiger partial charge in [-0.05, 0) is 48.2 Å². The van der Waals surface area contributed by atoms with Crippen LogP contribution in [0.25, 0.3) is 10.9 Å². The number of nitrogens with zero attached hydrogens (tertiary/aromatic N) is 1. The second-order valence-corrected chi connectivity index (χ2v) is 8.33. The van der Waals surface area contributed by atoms with Crippen LogP contribution in [0.3, 0.4) is 0 Å². The van der Waals surface area contributed by atoms with Gasteiger partial charge in [-0.2, -0.15) is 0 Å². The normalized spacial score (nSPS) is 15.4. The second kappa shape index (κ2) is 8.42. The molecule has 0 saturated carbocycles. The number of aromatic amines is 1. The van der Waals surface area contributed by atoms with Crippen molar-refractivity contribution in [1.82, 2.24) is 15.2 Å². The number of rotatable bonds is 4. The Morgan fingerprint density at radius 3 is 2.72 bits per heavy atom. The van der Waals surface area contributed by atoms with E-state index in [0.717, 1.165) is 34.5 Å². The number of hydrogen-bond acceptors (Lipinski definition) is 2. The van der Waals surface area contributed by atoms with Crippen molar-refractivity contribution in [1.29, 1.82) is 0 Å². The van der Waals surface area contributed by atoms with Crippen LogP contribution in [0, 0.1) is 6.92 Å². The SMILES string of the molecule is COc1cccc(CNC(=O)N2CCc3c([nH]c4ccccc34)[C@H]2c2ccc(C)cc2)c1. The van der Waals surface area contributed by atoms with Gasteiger partial charge < -0.3 is 19.9 Å². The fourth-order valence-electron chi connectivity index (χ4n) is 4.62. The fourth-order valence-corrected chi connectivity index (χ4v) is 4.62. The predicted molar refractivity (Wildman–Crippen MR) is 127 cm³/mol. The summed E-state index contributed by atoms with van der Waals surface area (Å²) in [5.74, 6) is 0.787. The number of aromatic nitrogens is 1. The standard InChI is InChI=1S/C27H27N3O2/c1-18-10-12-20(13-11-18)26-25-23(22-8-3-4-9-24(22)29-25)14-15-30(26)27(31)28-17-19-6-5-7-21(16-19)32-2/h3-13,16,26,29H,14-15,17H2,1-2H3,(H,28,31)/t26-/m1/s1. The number of hydrogen-bond donors (Lipinski definition) is 2. The van der Waals surface area contributed by atoms with E-state index in [4.69, 9.17) is 4.74 Å². The van der Waals surface area contributed by atoms with Gasteiger partial charge >= 0.3 is 6.03 Å². The molecule has 5 nitrogen and oxygen atoms in total. The Balaban J connectivity index is 1.47. The lowest BCUT2D eigenvalue weighted by molar-refractivity contribution is 0.179. The van der Waals surface area contributed by atoms with Crippen molar-refractivity contribution >= 4 is 16.9 Å². The molecule has 2 heterocycles. The summed E-state index contributed by atoms with van der Waals surface area (Å²) in [5, 5.41) is 4.36. The maximum Gasteiger partial charge on any atom is 0.318 e. The van der Waals surface area contributed by atoms with Gasteiger partial charge in [0.25, 0.3) is 0 Å². The zero-order chi connectivity index (χ0) is 22.1. The average molecular weight is 426 g/mol. The summed E-state index contributed by atoms with van der Waals surface area (Å²) in [6, 6.07) is 24.4. The highest BCUT2D eigenvalue weighted by Gasteiger charge is 2.34. The molecule has 0 spiro atoms. The Morgan fingerprint density at radius 1 is 1.09 bits per heavy atom. The third kappa shape index (κ3) is 3.71. The first-order chi connectivity index (χ1) is 15.6. The van der Waals surface area contributed by atoms with Crippen LogP contribution in [0.4, 0.5) is 4.79 Å². The minimum absolute atomic E-state index is 0.0669. The minimum atomic E-state index is -0.156. The maximum atomic E-state index is 13.4. The molecule has 1 aromatic heterocycles. The van der Waals surface area contributed by atoms with Crippen molar-refractivity contribution in [3.8, 4) is 5.75 Å². The summed E-state index contributed by atoms with van der Waals surface area (Å²) in [7, 11) is 1.65. The molecule has 0 bridgehead atoms. The number of methoxy groups -OCH3 is 1. The minimum Gasteiger partial charge on any atom is -0.497 e. The monoisotopic (exact) mass is 425 g/mol. The summed E-state index contributed by atoms with van der Waals surface area (Å²) < 4.78 is 5.30. The predicted octanol–water partition coefficient (Wildman–Crippen LogP) is 5.34. The van der Waals surface area contributed by atoms with Gasteiger partial charge in [0.05, 0.1) is 13.2 Å². The van der Waals surface area contributed by atoms with Gasteiger partial charge in [-0.1, -0.05) is 60.2 Å². The number of carbonyl (C=O) groups is 1. The molecule has 0 fully saturated rings. The lowest BCUT2D eigenvalue weighted by Gasteiger charge is -2.36. The van der Waals surface area contributed by atoms with Gasteiger partial charge in [0.15, 0.2) is 0 Å². The van der Waals surface area contributed by atoms with E-state index < -0.39 is 0 Å².